The van der Waals surface area contributed by atoms with E-state index >= 15 is 0 Å². The molecule has 1 aromatic carbocycles. The zero-order valence-corrected chi connectivity index (χ0v) is 12.5. The van der Waals surface area contributed by atoms with Gasteiger partial charge in [0.25, 0.3) is 0 Å². The van der Waals surface area contributed by atoms with Crippen LogP contribution < -0.4 is 0 Å². The van der Waals surface area contributed by atoms with Gasteiger partial charge in [-0.2, -0.15) is 0 Å². The average molecular weight is 248 g/mol. The molecule has 0 amide bonds. The molecule has 1 unspecified atom stereocenters. The molecule has 1 aromatic rings. The maximum atomic E-state index is 10.1. The molecule has 0 aromatic heterocycles. The number of hydrogen-bond acceptors (Lipinski definition) is 1. The van der Waals surface area contributed by atoms with E-state index in [4.69, 9.17) is 0 Å². The Balaban J connectivity index is 2.70. The van der Waals surface area contributed by atoms with Crippen LogP contribution >= 0.6 is 0 Å². The zero-order chi connectivity index (χ0) is 13.8. The molecule has 0 fully saturated rings. The Morgan fingerprint density at radius 2 is 1.61 bits per heavy atom. The van der Waals surface area contributed by atoms with Gasteiger partial charge in [0, 0.05) is 0 Å². The van der Waals surface area contributed by atoms with Crippen molar-refractivity contribution in [3.8, 4) is 0 Å². The van der Waals surface area contributed by atoms with Crippen LogP contribution in [0, 0.1) is 5.92 Å². The van der Waals surface area contributed by atoms with E-state index in [9.17, 15) is 5.11 Å². The molecule has 0 aliphatic rings. The molecule has 1 rings (SSSR count). The van der Waals surface area contributed by atoms with Gasteiger partial charge in [0.1, 0.15) is 0 Å². The van der Waals surface area contributed by atoms with Crippen LogP contribution in [0.15, 0.2) is 24.3 Å². The molecule has 0 aliphatic heterocycles. The molecule has 1 atom stereocenters. The summed E-state index contributed by atoms with van der Waals surface area (Å²) >= 11 is 0. The molecule has 18 heavy (non-hydrogen) atoms. The molecule has 0 bridgehead atoms. The summed E-state index contributed by atoms with van der Waals surface area (Å²) in [5.74, 6) is 0.651. The molecular weight excluding hydrogens is 220 g/mol. The average Bonchev–Trinajstić information content (AvgIpc) is 2.36. The van der Waals surface area contributed by atoms with Gasteiger partial charge < -0.3 is 5.11 Å². The summed E-state index contributed by atoms with van der Waals surface area (Å²) in [5, 5.41) is 10.1. The van der Waals surface area contributed by atoms with E-state index in [-0.39, 0.29) is 11.5 Å². The molecule has 102 valence electrons. The molecule has 1 heteroatoms. The topological polar surface area (TPSA) is 20.2 Å². The fraction of sp³-hybridized carbons (Fsp3) is 0.647. The third-order valence-corrected chi connectivity index (χ3v) is 3.98. The molecular formula is C17H28O. The first-order chi connectivity index (χ1) is 8.36. The largest absolute Gasteiger partial charge is 0.388 e. The third-order valence-electron chi connectivity index (χ3n) is 3.98. The lowest BCUT2D eigenvalue weighted by Crippen LogP contribution is -2.15. The van der Waals surface area contributed by atoms with Crippen molar-refractivity contribution < 1.29 is 5.11 Å². The zero-order valence-electron chi connectivity index (χ0n) is 12.5. The van der Waals surface area contributed by atoms with E-state index < -0.39 is 0 Å². The van der Waals surface area contributed by atoms with Crippen molar-refractivity contribution in [1.29, 1.82) is 0 Å². The maximum absolute atomic E-state index is 10.1. The Labute approximate surface area is 112 Å². The predicted octanol–water partition coefficient (Wildman–Crippen LogP) is 4.84. The molecule has 1 N–H and O–H groups in total. The predicted molar refractivity (Wildman–Crippen MR) is 78.8 cm³/mol. The highest BCUT2D eigenvalue weighted by atomic mass is 16.3. The van der Waals surface area contributed by atoms with Crippen LogP contribution in [0.5, 0.6) is 0 Å². The summed E-state index contributed by atoms with van der Waals surface area (Å²) in [6.45, 7) is 11.1. The minimum Gasteiger partial charge on any atom is -0.388 e. The van der Waals surface area contributed by atoms with E-state index in [1.807, 2.05) is 0 Å². The first kappa shape index (κ1) is 15.2. The van der Waals surface area contributed by atoms with E-state index in [0.29, 0.717) is 5.92 Å². The van der Waals surface area contributed by atoms with Crippen LogP contribution in [0.25, 0.3) is 0 Å². The number of aliphatic hydroxyl groups excluding tert-OH is 1. The van der Waals surface area contributed by atoms with Crippen LogP contribution in [0.4, 0.5) is 0 Å². The van der Waals surface area contributed by atoms with Crippen molar-refractivity contribution >= 4 is 0 Å². The highest BCUT2D eigenvalue weighted by molar-refractivity contribution is 5.29. The summed E-state index contributed by atoms with van der Waals surface area (Å²) < 4.78 is 0. The lowest BCUT2D eigenvalue weighted by atomic mass is 9.82. The van der Waals surface area contributed by atoms with Gasteiger partial charge in [-0.25, -0.2) is 0 Å². The van der Waals surface area contributed by atoms with Gasteiger partial charge in [-0.15, -0.1) is 0 Å². The smallest absolute Gasteiger partial charge is 0.0790 e. The molecule has 0 saturated carbocycles. The van der Waals surface area contributed by atoms with E-state index in [0.717, 1.165) is 24.8 Å². The van der Waals surface area contributed by atoms with E-state index in [2.05, 4.69) is 58.9 Å². The highest BCUT2D eigenvalue weighted by Crippen LogP contribution is 2.28. The van der Waals surface area contributed by atoms with Crippen LogP contribution in [0.2, 0.25) is 0 Å². The standard InChI is InChI=1S/C17H28O/c1-6-17(4,5)15-10-8-14(9-11-15)16(18)12-7-13(2)3/h8-11,13,16,18H,6-7,12H2,1-5H3. The first-order valence-corrected chi connectivity index (χ1v) is 7.15. The summed E-state index contributed by atoms with van der Waals surface area (Å²) in [5.41, 5.74) is 2.62. The second kappa shape index (κ2) is 6.38. The van der Waals surface area contributed by atoms with Crippen LogP contribution in [0.1, 0.15) is 71.1 Å². The number of benzene rings is 1. The normalized spacial score (nSPS) is 13.9. The SMILES string of the molecule is CCC(C)(C)c1ccc(C(O)CCC(C)C)cc1. The summed E-state index contributed by atoms with van der Waals surface area (Å²) in [6.07, 6.45) is 2.74. The van der Waals surface area contributed by atoms with Crippen LogP contribution in [-0.2, 0) is 5.41 Å². The minimum absolute atomic E-state index is 0.224. The van der Waals surface area contributed by atoms with Gasteiger partial charge >= 0.3 is 0 Å². The van der Waals surface area contributed by atoms with Crippen molar-refractivity contribution in [2.75, 3.05) is 0 Å². The second-order valence-electron chi connectivity index (χ2n) is 6.35. The number of rotatable bonds is 6. The van der Waals surface area contributed by atoms with Crippen molar-refractivity contribution in [1.82, 2.24) is 0 Å². The number of aliphatic hydroxyl groups is 1. The second-order valence-corrected chi connectivity index (χ2v) is 6.35. The Morgan fingerprint density at radius 3 is 2.06 bits per heavy atom. The molecule has 0 radical (unpaired) electrons. The van der Waals surface area contributed by atoms with Gasteiger partial charge in [0.2, 0.25) is 0 Å². The first-order valence-electron chi connectivity index (χ1n) is 7.15. The van der Waals surface area contributed by atoms with Gasteiger partial charge in [-0.1, -0.05) is 58.9 Å². The van der Waals surface area contributed by atoms with Gasteiger partial charge in [0.05, 0.1) is 6.10 Å². The van der Waals surface area contributed by atoms with Crippen LogP contribution in [0.3, 0.4) is 0 Å². The number of hydrogen-bond donors (Lipinski definition) is 1. The minimum atomic E-state index is -0.314. The monoisotopic (exact) mass is 248 g/mol. The van der Waals surface area contributed by atoms with Crippen LogP contribution in [-0.4, -0.2) is 5.11 Å². The molecule has 0 heterocycles. The molecule has 0 spiro atoms. The van der Waals surface area contributed by atoms with E-state index in [1.54, 1.807) is 0 Å². The van der Waals surface area contributed by atoms with Crippen molar-refractivity contribution in [3.05, 3.63) is 35.4 Å². The fourth-order valence-corrected chi connectivity index (χ4v) is 2.02. The van der Waals surface area contributed by atoms with E-state index in [1.165, 1.54) is 5.56 Å². The van der Waals surface area contributed by atoms with Gasteiger partial charge in [-0.3, -0.25) is 0 Å². The summed E-state index contributed by atoms with van der Waals surface area (Å²) in [7, 11) is 0. The Morgan fingerprint density at radius 1 is 1.06 bits per heavy atom. The summed E-state index contributed by atoms with van der Waals surface area (Å²) in [6, 6.07) is 8.49. The quantitative estimate of drug-likeness (QED) is 0.763. The summed E-state index contributed by atoms with van der Waals surface area (Å²) in [4.78, 5) is 0. The van der Waals surface area contributed by atoms with Gasteiger partial charge in [0.15, 0.2) is 0 Å². The van der Waals surface area contributed by atoms with Gasteiger partial charge in [-0.05, 0) is 41.7 Å². The Kier molecular flexibility index (Phi) is 5.40. The lowest BCUT2D eigenvalue weighted by Gasteiger charge is -2.24. The Bertz CT molecular complexity index is 348. The van der Waals surface area contributed by atoms with Crippen molar-refractivity contribution in [3.63, 3.8) is 0 Å². The maximum Gasteiger partial charge on any atom is 0.0790 e. The fourth-order valence-electron chi connectivity index (χ4n) is 2.02. The van der Waals surface area contributed by atoms with Crippen molar-refractivity contribution in [2.45, 2.75) is 65.4 Å². The molecule has 0 saturated heterocycles. The Hall–Kier alpha value is -0.820. The lowest BCUT2D eigenvalue weighted by molar-refractivity contribution is 0.159. The molecule has 0 aliphatic carbocycles. The highest BCUT2D eigenvalue weighted by Gasteiger charge is 2.18. The molecule has 1 nitrogen and oxygen atoms in total. The van der Waals surface area contributed by atoms with Crippen molar-refractivity contribution in [2.24, 2.45) is 5.92 Å². The third kappa shape index (κ3) is 4.13.